The Morgan fingerprint density at radius 2 is 1.09 bits per heavy atom. The van der Waals surface area contributed by atoms with Crippen molar-refractivity contribution in [2.75, 3.05) is 26.4 Å². The highest BCUT2D eigenvalue weighted by Crippen LogP contribution is 2.38. The molecule has 85 heavy (non-hydrogen) atoms. The summed E-state index contributed by atoms with van der Waals surface area (Å²) in [5, 5.41) is 136. The number of aliphatic hydroxyl groups excluding tert-OH is 11. The average Bonchev–Trinajstić information content (AvgIpc) is 1.58. The highest BCUT2D eigenvalue weighted by atomic mass is 16.8. The van der Waals surface area contributed by atoms with Gasteiger partial charge in [0.2, 0.25) is 11.8 Å². The fourth-order valence-electron chi connectivity index (χ4n) is 11.5. The monoisotopic (exact) mass is 1220 g/mol. The summed E-state index contributed by atoms with van der Waals surface area (Å²) in [5.74, 6) is -6.10. The maximum atomic E-state index is 13.4. The van der Waals surface area contributed by atoms with E-state index in [1.165, 1.54) is 96.3 Å². The molecule has 498 valence electrons. The fourth-order valence-corrected chi connectivity index (χ4v) is 11.5. The molecule has 3 fully saturated rings. The maximum absolute atomic E-state index is 13.4. The Bertz CT molecular complexity index is 1790. The molecular formula is C62H114N2O21. The molecule has 0 aliphatic carbocycles. The SMILES string of the molecule is CCCCCCCC/C=C\CCCCCCCCCC(=O)NC(COC1OC(CO)C(OC2OC(CO)C(O)C(OC3(C(=O)O)CC(O)C(NC(C)=O)C(C(O)C(O)CO)O3)C2O)C(O)C1O)C(O)CCCCCCCCCCCCCCCC. The van der Waals surface area contributed by atoms with Gasteiger partial charge in [-0.05, 0) is 38.5 Å². The van der Waals surface area contributed by atoms with Crippen LogP contribution in [-0.4, -0.2) is 215 Å². The minimum absolute atomic E-state index is 0.219. The first-order valence-corrected chi connectivity index (χ1v) is 32.5. The smallest absolute Gasteiger partial charge is 0.364 e. The highest BCUT2D eigenvalue weighted by Gasteiger charge is 2.60. The van der Waals surface area contributed by atoms with Crippen LogP contribution in [0.3, 0.4) is 0 Å². The Morgan fingerprint density at radius 3 is 1.59 bits per heavy atom. The van der Waals surface area contributed by atoms with Crippen LogP contribution in [0.4, 0.5) is 0 Å². The van der Waals surface area contributed by atoms with Gasteiger partial charge in [0.05, 0.1) is 50.7 Å². The topological polar surface area (TPSA) is 373 Å². The first-order chi connectivity index (χ1) is 40.9. The van der Waals surface area contributed by atoms with Crippen LogP contribution in [0.2, 0.25) is 0 Å². The molecule has 3 aliphatic rings. The number of carbonyl (C=O) groups excluding carboxylic acids is 2. The van der Waals surface area contributed by atoms with Gasteiger partial charge in [-0.15, -0.1) is 0 Å². The van der Waals surface area contributed by atoms with Gasteiger partial charge in [0.25, 0.3) is 5.79 Å². The van der Waals surface area contributed by atoms with Crippen LogP contribution in [0, 0.1) is 0 Å². The van der Waals surface area contributed by atoms with E-state index in [1.807, 2.05) is 0 Å². The van der Waals surface area contributed by atoms with Crippen LogP contribution in [0.1, 0.15) is 226 Å². The molecule has 0 aromatic heterocycles. The molecule has 0 saturated carbocycles. The number of rotatable bonds is 48. The normalized spacial score (nSPS) is 29.6. The summed E-state index contributed by atoms with van der Waals surface area (Å²) >= 11 is 0. The van der Waals surface area contributed by atoms with Gasteiger partial charge < -0.3 is 100 Å². The van der Waals surface area contributed by atoms with E-state index in [0.717, 1.165) is 84.0 Å². The lowest BCUT2D eigenvalue weighted by molar-refractivity contribution is -0.386. The number of allylic oxidation sites excluding steroid dienone is 2. The number of carbonyl (C=O) groups is 3. The van der Waals surface area contributed by atoms with E-state index in [9.17, 15) is 75.7 Å². The highest BCUT2D eigenvalue weighted by molar-refractivity contribution is 5.77. The zero-order valence-corrected chi connectivity index (χ0v) is 51.5. The first kappa shape index (κ1) is 76.7. The minimum Gasteiger partial charge on any atom is -0.477 e. The third-order valence-electron chi connectivity index (χ3n) is 16.7. The molecule has 23 heteroatoms. The summed E-state index contributed by atoms with van der Waals surface area (Å²) in [4.78, 5) is 38.5. The number of amides is 2. The number of hydrogen-bond acceptors (Lipinski definition) is 20. The lowest BCUT2D eigenvalue weighted by Gasteiger charge is -2.50. The Labute approximate surface area is 505 Å². The molecule has 0 bridgehead atoms. The number of aliphatic carboxylic acids is 1. The zero-order chi connectivity index (χ0) is 62.6. The molecule has 23 nitrogen and oxygen atoms in total. The second-order valence-corrected chi connectivity index (χ2v) is 24.0. The van der Waals surface area contributed by atoms with Crippen molar-refractivity contribution in [1.29, 1.82) is 0 Å². The Morgan fingerprint density at radius 1 is 0.600 bits per heavy atom. The molecule has 0 radical (unpaired) electrons. The fraction of sp³-hybridized carbons (Fsp3) is 0.919. The van der Waals surface area contributed by atoms with Gasteiger partial charge >= 0.3 is 5.97 Å². The molecule has 0 aromatic rings. The molecule has 3 heterocycles. The van der Waals surface area contributed by atoms with Crippen molar-refractivity contribution in [3.63, 3.8) is 0 Å². The summed E-state index contributed by atoms with van der Waals surface area (Å²) in [5.41, 5.74) is 0. The molecule has 18 atom stereocenters. The minimum atomic E-state index is -3.08. The second-order valence-electron chi connectivity index (χ2n) is 24.0. The summed E-state index contributed by atoms with van der Waals surface area (Å²) in [7, 11) is 0. The van der Waals surface area contributed by atoms with E-state index >= 15 is 0 Å². The van der Waals surface area contributed by atoms with E-state index in [0.29, 0.717) is 19.3 Å². The van der Waals surface area contributed by atoms with Crippen molar-refractivity contribution in [2.45, 2.75) is 336 Å². The Hall–Kier alpha value is -2.53. The molecular weight excluding hydrogens is 1110 g/mol. The summed E-state index contributed by atoms with van der Waals surface area (Å²) in [6.07, 6.45) is 9.35. The Kier molecular flexibility index (Phi) is 39.7. The molecule has 14 N–H and O–H groups in total. The van der Waals surface area contributed by atoms with E-state index in [2.05, 4.69) is 36.6 Å². The van der Waals surface area contributed by atoms with Gasteiger partial charge in [-0.2, -0.15) is 0 Å². The van der Waals surface area contributed by atoms with Gasteiger partial charge in [-0.1, -0.05) is 180 Å². The van der Waals surface area contributed by atoms with E-state index in [1.54, 1.807) is 0 Å². The predicted octanol–water partition coefficient (Wildman–Crippen LogP) is 4.34. The molecule has 3 aliphatic heterocycles. The lowest BCUT2D eigenvalue weighted by atomic mass is 9.88. The van der Waals surface area contributed by atoms with Gasteiger partial charge in [-0.25, -0.2) is 4.79 Å². The van der Waals surface area contributed by atoms with Crippen LogP contribution < -0.4 is 10.6 Å². The molecule has 3 rings (SSSR count). The van der Waals surface area contributed by atoms with Gasteiger partial charge in [-0.3, -0.25) is 9.59 Å². The van der Waals surface area contributed by atoms with E-state index in [4.69, 9.17) is 28.4 Å². The first-order valence-electron chi connectivity index (χ1n) is 32.5. The number of hydrogen-bond donors (Lipinski definition) is 14. The molecule has 3 saturated heterocycles. The second kappa shape index (κ2) is 44.0. The Balaban J connectivity index is 1.63. The molecule has 18 unspecified atom stereocenters. The van der Waals surface area contributed by atoms with Crippen LogP contribution in [0.15, 0.2) is 12.2 Å². The number of ether oxygens (including phenoxy) is 6. The van der Waals surface area contributed by atoms with E-state index < -0.39 is 148 Å². The van der Waals surface area contributed by atoms with Crippen molar-refractivity contribution in [1.82, 2.24) is 10.6 Å². The molecule has 0 spiro atoms. The standard InChI is InChI=1S/C62H114N2O21/c1-4-6-8-10-12-14-16-18-20-21-22-24-26-28-30-32-34-36-49(72)64-43(44(69)35-33-31-29-27-25-23-19-17-15-13-11-9-7-5-2)41-80-59-54(76)53(75)56(48(40-67)82-59)83-60-55(77)58(52(74)47(39-66)81-60)85-62(61(78)79)37-45(70)50(63-42(3)68)57(84-62)51(73)46(71)38-65/h18,20,43-48,50-60,65-67,69-71,73-77H,4-17,19,21-41H2,1-3H3,(H,63,68)(H,64,72)(H,78,79)/b20-18-. The number of carboxylic acid groups (broad SMARTS) is 1. The predicted molar refractivity (Wildman–Crippen MR) is 315 cm³/mol. The van der Waals surface area contributed by atoms with Crippen LogP contribution >= 0.6 is 0 Å². The third kappa shape index (κ3) is 27.6. The average molecular weight is 1220 g/mol. The number of carboxylic acids is 1. The van der Waals surface area contributed by atoms with Gasteiger partial charge in [0.1, 0.15) is 67.1 Å². The van der Waals surface area contributed by atoms with Crippen molar-refractivity contribution < 1.29 is 104 Å². The van der Waals surface area contributed by atoms with Crippen molar-refractivity contribution in [2.24, 2.45) is 0 Å². The lowest BCUT2D eigenvalue weighted by Crippen LogP contribution is -2.70. The number of unbranched alkanes of at least 4 members (excludes halogenated alkanes) is 26. The third-order valence-corrected chi connectivity index (χ3v) is 16.7. The van der Waals surface area contributed by atoms with Crippen molar-refractivity contribution in [3.05, 3.63) is 12.2 Å². The molecule has 0 aromatic carbocycles. The quantitative estimate of drug-likeness (QED) is 0.0298. The summed E-state index contributed by atoms with van der Waals surface area (Å²) < 4.78 is 34.8. The van der Waals surface area contributed by atoms with Crippen LogP contribution in [0.25, 0.3) is 0 Å². The maximum Gasteiger partial charge on any atom is 0.364 e. The largest absolute Gasteiger partial charge is 0.477 e. The van der Waals surface area contributed by atoms with Gasteiger partial charge in [0.15, 0.2) is 12.6 Å². The molecule has 2 amide bonds. The van der Waals surface area contributed by atoms with Crippen molar-refractivity contribution >= 4 is 17.8 Å². The zero-order valence-electron chi connectivity index (χ0n) is 51.5. The van der Waals surface area contributed by atoms with Gasteiger partial charge in [0, 0.05) is 19.8 Å². The summed E-state index contributed by atoms with van der Waals surface area (Å²) in [6.45, 7) is 2.18. The number of aliphatic hydroxyl groups is 11. The van der Waals surface area contributed by atoms with Crippen LogP contribution in [-0.2, 0) is 42.8 Å². The number of nitrogens with one attached hydrogen (secondary N) is 2. The van der Waals surface area contributed by atoms with Crippen LogP contribution in [0.5, 0.6) is 0 Å². The van der Waals surface area contributed by atoms with E-state index in [-0.39, 0.29) is 18.9 Å². The van der Waals surface area contributed by atoms with Crippen molar-refractivity contribution in [3.8, 4) is 0 Å². The summed E-state index contributed by atoms with van der Waals surface area (Å²) in [6, 6.07) is -2.53.